The Hall–Kier alpha value is -1.39. The van der Waals surface area contributed by atoms with Gasteiger partial charge in [0.05, 0.1) is 16.8 Å². The van der Waals surface area contributed by atoms with Gasteiger partial charge in [-0.25, -0.2) is 9.37 Å². The quantitative estimate of drug-likeness (QED) is 0.909. The maximum Gasteiger partial charge on any atom is 0.196 e. The molecule has 102 valence electrons. The van der Waals surface area contributed by atoms with Crippen LogP contribution in [0.3, 0.4) is 0 Å². The summed E-state index contributed by atoms with van der Waals surface area (Å²) in [6.45, 7) is 4.91. The third-order valence-electron chi connectivity index (χ3n) is 2.65. The molecule has 19 heavy (non-hydrogen) atoms. The van der Waals surface area contributed by atoms with Gasteiger partial charge >= 0.3 is 0 Å². The topological polar surface area (TPSA) is 38.1 Å². The van der Waals surface area contributed by atoms with Gasteiger partial charge in [-0.15, -0.1) is 0 Å². The average molecular weight is 283 g/mol. The van der Waals surface area contributed by atoms with Crippen LogP contribution in [0.4, 0.5) is 4.39 Å². The summed E-state index contributed by atoms with van der Waals surface area (Å²) in [4.78, 5) is 4.14. The molecule has 0 radical (unpaired) electrons. The van der Waals surface area contributed by atoms with Crippen molar-refractivity contribution in [3.8, 4) is 11.3 Å². The van der Waals surface area contributed by atoms with Gasteiger partial charge < -0.3 is 9.73 Å². The van der Waals surface area contributed by atoms with Crippen molar-refractivity contribution < 1.29 is 8.81 Å². The fourth-order valence-corrected chi connectivity index (χ4v) is 2.00. The zero-order valence-corrected chi connectivity index (χ0v) is 11.7. The molecule has 0 amide bonds. The van der Waals surface area contributed by atoms with Gasteiger partial charge in [-0.3, -0.25) is 0 Å². The molecule has 0 saturated heterocycles. The molecule has 1 heterocycles. The zero-order valence-electron chi connectivity index (χ0n) is 10.9. The molecule has 0 bridgehead atoms. The first-order valence-corrected chi connectivity index (χ1v) is 6.58. The van der Waals surface area contributed by atoms with Crippen molar-refractivity contribution >= 4 is 11.6 Å². The molecule has 5 heteroatoms. The lowest BCUT2D eigenvalue weighted by molar-refractivity contribution is 0.482. The highest BCUT2D eigenvalue weighted by Gasteiger charge is 2.14. The van der Waals surface area contributed by atoms with Gasteiger partial charge in [0.1, 0.15) is 5.82 Å². The Morgan fingerprint density at radius 2 is 2.21 bits per heavy atom. The molecule has 2 rings (SSSR count). The average Bonchev–Trinajstić information content (AvgIpc) is 2.77. The van der Waals surface area contributed by atoms with Crippen molar-refractivity contribution in [2.45, 2.75) is 26.3 Å². The minimum atomic E-state index is -0.407. The van der Waals surface area contributed by atoms with E-state index in [4.69, 9.17) is 16.0 Å². The number of hydrogen-bond acceptors (Lipinski definition) is 3. The summed E-state index contributed by atoms with van der Waals surface area (Å²) >= 11 is 5.98. The standard InChI is InChI=1S/C14H16ClFN2O/c1-9(2)17-7-6-13-18-8-12(19-13)14-10(15)4-3-5-11(14)16/h3-5,8-9,17H,6-7H2,1-2H3. The maximum absolute atomic E-state index is 13.7. The molecular weight excluding hydrogens is 267 g/mol. The Balaban J connectivity index is 2.12. The summed E-state index contributed by atoms with van der Waals surface area (Å²) in [5, 5.41) is 3.59. The number of benzene rings is 1. The molecule has 0 aliphatic heterocycles. The van der Waals surface area contributed by atoms with E-state index in [-0.39, 0.29) is 5.56 Å². The largest absolute Gasteiger partial charge is 0.441 e. The Labute approximate surface area is 116 Å². The number of oxazole rings is 1. The minimum Gasteiger partial charge on any atom is -0.441 e. The summed E-state index contributed by atoms with van der Waals surface area (Å²) in [7, 11) is 0. The van der Waals surface area contributed by atoms with Crippen molar-refractivity contribution in [1.82, 2.24) is 10.3 Å². The Bertz CT molecular complexity index is 534. The van der Waals surface area contributed by atoms with Crippen LogP contribution in [0.1, 0.15) is 19.7 Å². The molecule has 0 unspecified atom stereocenters. The Morgan fingerprint density at radius 1 is 1.42 bits per heavy atom. The second kappa shape index (κ2) is 6.17. The van der Waals surface area contributed by atoms with Crippen molar-refractivity contribution in [2.75, 3.05) is 6.54 Å². The first kappa shape index (κ1) is 14.0. The fraction of sp³-hybridized carbons (Fsp3) is 0.357. The lowest BCUT2D eigenvalue weighted by Crippen LogP contribution is -2.24. The lowest BCUT2D eigenvalue weighted by Gasteiger charge is -2.05. The van der Waals surface area contributed by atoms with Gasteiger partial charge in [-0.05, 0) is 12.1 Å². The van der Waals surface area contributed by atoms with E-state index in [1.807, 2.05) is 0 Å². The van der Waals surface area contributed by atoms with Crippen molar-refractivity contribution in [1.29, 1.82) is 0 Å². The summed E-state index contributed by atoms with van der Waals surface area (Å²) < 4.78 is 19.3. The molecule has 0 fully saturated rings. The number of nitrogens with one attached hydrogen (secondary N) is 1. The predicted molar refractivity (Wildman–Crippen MR) is 73.7 cm³/mol. The van der Waals surface area contributed by atoms with Crippen LogP contribution >= 0.6 is 11.6 Å². The Kier molecular flexibility index (Phi) is 4.56. The third kappa shape index (κ3) is 3.55. The van der Waals surface area contributed by atoms with Crippen LogP contribution in [0.15, 0.2) is 28.8 Å². The second-order valence-electron chi connectivity index (χ2n) is 4.57. The summed E-state index contributed by atoms with van der Waals surface area (Å²) in [5.74, 6) is 0.528. The van der Waals surface area contributed by atoms with Crippen LogP contribution in [-0.4, -0.2) is 17.6 Å². The van der Waals surface area contributed by atoms with Crippen LogP contribution in [-0.2, 0) is 6.42 Å². The molecular formula is C14H16ClFN2O. The van der Waals surface area contributed by atoms with Gasteiger partial charge in [-0.2, -0.15) is 0 Å². The third-order valence-corrected chi connectivity index (χ3v) is 2.97. The van der Waals surface area contributed by atoms with E-state index in [0.29, 0.717) is 29.1 Å². The van der Waals surface area contributed by atoms with E-state index in [9.17, 15) is 4.39 Å². The molecule has 0 spiro atoms. The predicted octanol–water partition coefficient (Wildman–Crippen LogP) is 3.67. The number of rotatable bonds is 5. The minimum absolute atomic E-state index is 0.264. The highest BCUT2D eigenvalue weighted by atomic mass is 35.5. The van der Waals surface area contributed by atoms with Gasteiger partial charge in [0, 0.05) is 19.0 Å². The lowest BCUT2D eigenvalue weighted by atomic mass is 10.2. The van der Waals surface area contributed by atoms with Gasteiger partial charge in [0.15, 0.2) is 11.7 Å². The molecule has 1 aromatic carbocycles. The first-order chi connectivity index (χ1) is 9.08. The second-order valence-corrected chi connectivity index (χ2v) is 4.98. The maximum atomic E-state index is 13.7. The molecule has 0 aliphatic carbocycles. The van der Waals surface area contributed by atoms with E-state index >= 15 is 0 Å². The van der Waals surface area contributed by atoms with E-state index < -0.39 is 5.82 Å². The molecule has 0 saturated carbocycles. The van der Waals surface area contributed by atoms with Gasteiger partial charge in [-0.1, -0.05) is 31.5 Å². The number of aromatic nitrogens is 1. The van der Waals surface area contributed by atoms with Crippen molar-refractivity contribution in [3.05, 3.63) is 41.1 Å². The zero-order chi connectivity index (χ0) is 13.8. The van der Waals surface area contributed by atoms with Crippen LogP contribution in [0.2, 0.25) is 5.02 Å². The van der Waals surface area contributed by atoms with Crippen molar-refractivity contribution in [3.63, 3.8) is 0 Å². The van der Waals surface area contributed by atoms with Crippen molar-refractivity contribution in [2.24, 2.45) is 0 Å². The fourth-order valence-electron chi connectivity index (χ4n) is 1.74. The summed E-state index contributed by atoms with van der Waals surface area (Å²) in [6.07, 6.45) is 2.17. The highest BCUT2D eigenvalue weighted by Crippen LogP contribution is 2.30. The van der Waals surface area contributed by atoms with Crippen LogP contribution in [0.5, 0.6) is 0 Å². The smallest absolute Gasteiger partial charge is 0.196 e. The number of nitrogens with zero attached hydrogens (tertiary/aromatic N) is 1. The molecule has 1 aromatic heterocycles. The SMILES string of the molecule is CC(C)NCCc1ncc(-c2c(F)cccc2Cl)o1. The molecule has 2 aromatic rings. The van der Waals surface area contributed by atoms with Gasteiger partial charge in [0.2, 0.25) is 0 Å². The number of halogens is 2. The van der Waals surface area contributed by atoms with E-state index in [1.165, 1.54) is 12.3 Å². The monoisotopic (exact) mass is 282 g/mol. The van der Waals surface area contributed by atoms with Crippen LogP contribution in [0.25, 0.3) is 11.3 Å². The summed E-state index contributed by atoms with van der Waals surface area (Å²) in [6, 6.07) is 4.95. The molecule has 1 N–H and O–H groups in total. The molecule has 0 atom stereocenters. The van der Waals surface area contributed by atoms with E-state index in [0.717, 1.165) is 6.54 Å². The van der Waals surface area contributed by atoms with E-state index in [2.05, 4.69) is 24.1 Å². The Morgan fingerprint density at radius 3 is 2.89 bits per heavy atom. The number of hydrogen-bond donors (Lipinski definition) is 1. The van der Waals surface area contributed by atoms with Gasteiger partial charge in [0.25, 0.3) is 0 Å². The summed E-state index contributed by atoms with van der Waals surface area (Å²) in [5.41, 5.74) is 0.264. The first-order valence-electron chi connectivity index (χ1n) is 6.20. The van der Waals surface area contributed by atoms with E-state index in [1.54, 1.807) is 12.1 Å². The molecule has 0 aliphatic rings. The molecule has 3 nitrogen and oxygen atoms in total. The normalized spacial score (nSPS) is 11.2. The van der Waals surface area contributed by atoms with Crippen LogP contribution in [0, 0.1) is 5.82 Å². The highest BCUT2D eigenvalue weighted by molar-refractivity contribution is 6.33. The van der Waals surface area contributed by atoms with Crippen LogP contribution < -0.4 is 5.32 Å².